The van der Waals surface area contributed by atoms with E-state index < -0.39 is 0 Å². The molecule has 38 heavy (non-hydrogen) atoms. The van der Waals surface area contributed by atoms with Crippen molar-refractivity contribution in [2.24, 2.45) is 46.3 Å². The number of carbonyl (C=O) groups excluding carboxylic acids is 1. The average Bonchev–Trinajstić information content (AvgIpc) is 3.25. The first-order valence-electron chi connectivity index (χ1n) is 17.2. The van der Waals surface area contributed by atoms with Crippen molar-refractivity contribution < 1.29 is 9.28 Å². The number of unbranched alkanes of at least 4 members (excludes halogenated alkanes) is 3. The lowest BCUT2D eigenvalue weighted by atomic mass is 9.44. The Balaban J connectivity index is 1.20. The predicted octanol–water partition coefficient (Wildman–Crippen LogP) is 8.61. The predicted molar refractivity (Wildman–Crippen MR) is 162 cm³/mol. The van der Waals surface area contributed by atoms with Gasteiger partial charge in [0.25, 0.3) is 0 Å². The van der Waals surface area contributed by atoms with Crippen LogP contribution in [0.3, 0.4) is 0 Å². The third-order valence-electron chi connectivity index (χ3n) is 13.0. The Morgan fingerprint density at radius 3 is 2.42 bits per heavy atom. The average molecular weight is 530 g/mol. The fraction of sp³-hybridized carbons (Fsp3) is 0.971. The van der Waals surface area contributed by atoms with Gasteiger partial charge in [0.05, 0.1) is 27.2 Å². The largest absolute Gasteiger partial charge is 0.356 e. The molecule has 1 unspecified atom stereocenters. The molecule has 3 heteroatoms. The topological polar surface area (TPSA) is 29.1 Å². The normalized spacial score (nSPS) is 37.7. The van der Waals surface area contributed by atoms with Gasteiger partial charge < -0.3 is 9.80 Å². The van der Waals surface area contributed by atoms with E-state index in [4.69, 9.17) is 0 Å². The molecule has 1 amide bonds. The van der Waals surface area contributed by atoms with Crippen molar-refractivity contribution in [2.45, 2.75) is 137 Å². The highest BCUT2D eigenvalue weighted by Gasteiger charge is 2.60. The van der Waals surface area contributed by atoms with Crippen LogP contribution in [-0.4, -0.2) is 44.1 Å². The van der Waals surface area contributed by atoms with E-state index in [1.807, 2.05) is 0 Å². The van der Waals surface area contributed by atoms with E-state index >= 15 is 0 Å². The first-order chi connectivity index (χ1) is 18.1. The summed E-state index contributed by atoms with van der Waals surface area (Å²) in [6, 6.07) is 0. The van der Waals surface area contributed by atoms with Crippen LogP contribution < -0.4 is 5.32 Å². The molecule has 0 bridgehead atoms. The van der Waals surface area contributed by atoms with E-state index in [1.165, 1.54) is 96.4 Å². The first kappa shape index (κ1) is 30.4. The molecule has 4 rings (SSSR count). The van der Waals surface area contributed by atoms with Gasteiger partial charge in [-0.3, -0.25) is 4.79 Å². The molecule has 1 N–H and O–H groups in total. The van der Waals surface area contributed by atoms with Crippen molar-refractivity contribution in [3.8, 4) is 0 Å². The summed E-state index contributed by atoms with van der Waals surface area (Å²) in [7, 11) is 4.69. The summed E-state index contributed by atoms with van der Waals surface area (Å²) in [5.41, 5.74) is 1.17. The van der Waals surface area contributed by atoms with Crippen LogP contribution in [0, 0.1) is 46.3 Å². The first-order valence-corrected chi connectivity index (χ1v) is 17.2. The molecular formula is C35H65N2O+. The molecule has 8 atom stereocenters. The van der Waals surface area contributed by atoms with Crippen LogP contribution in [0.15, 0.2) is 0 Å². The highest BCUT2D eigenvalue weighted by molar-refractivity contribution is 5.75. The zero-order chi connectivity index (χ0) is 27.4. The molecule has 4 aliphatic rings. The van der Waals surface area contributed by atoms with Gasteiger partial charge in [-0.2, -0.15) is 0 Å². The van der Waals surface area contributed by atoms with E-state index in [-0.39, 0.29) is 5.91 Å². The highest BCUT2D eigenvalue weighted by atomic mass is 16.1. The lowest BCUT2D eigenvalue weighted by Crippen LogP contribution is -2.53. The number of fused-ring (bicyclic) bond motifs is 5. The number of amides is 1. The van der Waals surface area contributed by atoms with Crippen LogP contribution in [0.25, 0.3) is 0 Å². The Hall–Kier alpha value is -0.570. The summed E-state index contributed by atoms with van der Waals surface area (Å²) in [5, 5.41) is 3.26. The second-order valence-electron chi connectivity index (χ2n) is 15.8. The molecular weight excluding hydrogens is 464 g/mol. The Kier molecular flexibility index (Phi) is 10.4. The van der Waals surface area contributed by atoms with Gasteiger partial charge in [0.2, 0.25) is 5.91 Å². The molecule has 220 valence electrons. The van der Waals surface area contributed by atoms with Crippen LogP contribution >= 0.6 is 0 Å². The van der Waals surface area contributed by atoms with Crippen molar-refractivity contribution in [1.82, 2.24) is 5.32 Å². The Morgan fingerprint density at radius 1 is 0.868 bits per heavy atom. The van der Waals surface area contributed by atoms with E-state index in [2.05, 4.69) is 47.1 Å². The molecule has 4 fully saturated rings. The molecule has 0 heterocycles. The van der Waals surface area contributed by atoms with E-state index in [0.717, 1.165) is 66.4 Å². The highest BCUT2D eigenvalue weighted by Crippen LogP contribution is 2.68. The molecule has 4 aliphatic carbocycles. The minimum Gasteiger partial charge on any atom is -0.356 e. The zero-order valence-corrected chi connectivity index (χ0v) is 26.5. The van der Waals surface area contributed by atoms with Crippen LogP contribution in [0.1, 0.15) is 137 Å². The molecule has 0 saturated heterocycles. The third kappa shape index (κ3) is 6.66. The van der Waals surface area contributed by atoms with Crippen LogP contribution in [0.2, 0.25) is 0 Å². The number of hydrogen-bond acceptors (Lipinski definition) is 1. The second kappa shape index (κ2) is 12.9. The summed E-state index contributed by atoms with van der Waals surface area (Å²) >= 11 is 0. The molecule has 0 aromatic rings. The summed E-state index contributed by atoms with van der Waals surface area (Å²) < 4.78 is 1.08. The molecule has 0 spiro atoms. The summed E-state index contributed by atoms with van der Waals surface area (Å²) in [5.74, 6) is 5.74. The summed E-state index contributed by atoms with van der Waals surface area (Å²) in [6.07, 6.45) is 23.1. The monoisotopic (exact) mass is 530 g/mol. The smallest absolute Gasteiger partial charge is 0.220 e. The molecule has 0 aromatic carbocycles. The zero-order valence-electron chi connectivity index (χ0n) is 26.5. The fourth-order valence-electron chi connectivity index (χ4n) is 10.7. The Labute approximate surface area is 237 Å². The molecule has 0 aromatic heterocycles. The molecule has 0 radical (unpaired) electrons. The number of nitrogens with zero attached hydrogens (tertiary/aromatic N) is 1. The number of hydrogen-bond donors (Lipinski definition) is 1. The quantitative estimate of drug-likeness (QED) is 0.188. The van der Waals surface area contributed by atoms with Crippen LogP contribution in [0.5, 0.6) is 0 Å². The standard InChI is InChI=1S/C35H64N2O/c1-7-8-9-12-25-37(5,6)26-13-24-36-33(38)20-15-27(2)30-18-19-31-29-17-16-28-14-10-11-22-34(28,3)32(29)21-23-35(30,31)4/h27-32H,7-26H2,1-6H3/p+1/t27-,28?,29+,30-,31+,32+,34+,35-/m1/s1. The van der Waals surface area contributed by atoms with Gasteiger partial charge in [-0.05, 0) is 117 Å². The lowest BCUT2D eigenvalue weighted by molar-refractivity contribution is -0.890. The van der Waals surface area contributed by atoms with Gasteiger partial charge >= 0.3 is 0 Å². The van der Waals surface area contributed by atoms with Gasteiger partial charge in [-0.1, -0.05) is 53.4 Å². The maximum absolute atomic E-state index is 12.7. The Morgan fingerprint density at radius 2 is 1.63 bits per heavy atom. The van der Waals surface area contributed by atoms with Gasteiger partial charge in [0, 0.05) is 19.4 Å². The Bertz CT molecular complexity index is 763. The van der Waals surface area contributed by atoms with E-state index in [9.17, 15) is 4.79 Å². The summed E-state index contributed by atoms with van der Waals surface area (Å²) in [4.78, 5) is 12.7. The van der Waals surface area contributed by atoms with Crippen molar-refractivity contribution in [3.05, 3.63) is 0 Å². The van der Waals surface area contributed by atoms with Crippen molar-refractivity contribution in [1.29, 1.82) is 0 Å². The van der Waals surface area contributed by atoms with Gasteiger partial charge in [-0.25, -0.2) is 0 Å². The van der Waals surface area contributed by atoms with Crippen molar-refractivity contribution >= 4 is 5.91 Å². The summed E-state index contributed by atoms with van der Waals surface area (Å²) in [6.45, 7) is 13.4. The maximum atomic E-state index is 12.7. The van der Waals surface area contributed by atoms with Crippen LogP contribution in [-0.2, 0) is 4.79 Å². The number of rotatable bonds is 13. The van der Waals surface area contributed by atoms with E-state index in [0.29, 0.717) is 16.7 Å². The number of carbonyl (C=O) groups is 1. The lowest BCUT2D eigenvalue weighted by Gasteiger charge is -2.61. The van der Waals surface area contributed by atoms with Crippen molar-refractivity contribution in [2.75, 3.05) is 33.7 Å². The minimum absolute atomic E-state index is 0.289. The fourth-order valence-corrected chi connectivity index (χ4v) is 10.7. The molecule has 0 aliphatic heterocycles. The number of quaternary nitrogens is 1. The van der Waals surface area contributed by atoms with Crippen LogP contribution in [0.4, 0.5) is 0 Å². The van der Waals surface area contributed by atoms with E-state index in [1.54, 1.807) is 0 Å². The van der Waals surface area contributed by atoms with Gasteiger partial charge in [-0.15, -0.1) is 0 Å². The SMILES string of the molecule is CCCCCC[N+](C)(C)CCCNC(=O)CC[C@@H](C)[C@H]1CC[C@H]2[C@@H]3CCC4CCCC[C@]4(C)[C@H]3CC[C@]12C. The van der Waals surface area contributed by atoms with Crippen molar-refractivity contribution in [3.63, 3.8) is 0 Å². The third-order valence-corrected chi connectivity index (χ3v) is 13.0. The van der Waals surface area contributed by atoms with Gasteiger partial charge in [0.15, 0.2) is 0 Å². The number of nitrogens with one attached hydrogen (secondary N) is 1. The minimum atomic E-state index is 0.289. The molecule has 4 saturated carbocycles. The maximum Gasteiger partial charge on any atom is 0.220 e. The molecule has 3 nitrogen and oxygen atoms in total. The second-order valence-corrected chi connectivity index (χ2v) is 15.8. The van der Waals surface area contributed by atoms with Gasteiger partial charge in [0.1, 0.15) is 0 Å².